The summed E-state index contributed by atoms with van der Waals surface area (Å²) in [6.45, 7) is 2.61. The van der Waals surface area contributed by atoms with Crippen molar-refractivity contribution in [2.45, 2.75) is 44.6 Å². The van der Waals surface area contributed by atoms with E-state index in [2.05, 4.69) is 0 Å². The van der Waals surface area contributed by atoms with Gasteiger partial charge in [-0.15, -0.1) is 0 Å². The van der Waals surface area contributed by atoms with Crippen molar-refractivity contribution in [2.24, 2.45) is 5.92 Å². The first-order valence-corrected chi connectivity index (χ1v) is 12.3. The van der Waals surface area contributed by atoms with Crippen molar-refractivity contribution in [2.75, 3.05) is 6.61 Å². The Morgan fingerprint density at radius 3 is 2.23 bits per heavy atom. The third-order valence-electron chi connectivity index (χ3n) is 7.18. The Hall–Kier alpha value is -3.11. The average Bonchev–Trinajstić information content (AvgIpc) is 3.72. The van der Waals surface area contributed by atoms with Gasteiger partial charge < -0.3 is 4.74 Å². The van der Waals surface area contributed by atoms with Crippen LogP contribution in [0.3, 0.4) is 0 Å². The molecular formula is C31H29F3O. The van der Waals surface area contributed by atoms with E-state index in [1.807, 2.05) is 49.4 Å². The first kappa shape index (κ1) is 23.6. The Bertz CT molecular complexity index is 1250. The van der Waals surface area contributed by atoms with Crippen LogP contribution in [0.4, 0.5) is 13.2 Å². The van der Waals surface area contributed by atoms with E-state index in [0.717, 1.165) is 42.4 Å². The van der Waals surface area contributed by atoms with Crippen molar-refractivity contribution < 1.29 is 17.9 Å². The van der Waals surface area contributed by atoms with Crippen LogP contribution in [-0.4, -0.2) is 6.61 Å². The summed E-state index contributed by atoms with van der Waals surface area (Å²) in [5.41, 5.74) is 3.86. The molecule has 0 spiro atoms. The molecular weight excluding hydrogens is 445 g/mol. The summed E-state index contributed by atoms with van der Waals surface area (Å²) in [7, 11) is 0. The maximum Gasteiger partial charge on any atom is 0.167 e. The summed E-state index contributed by atoms with van der Waals surface area (Å²) < 4.78 is 49.6. The van der Waals surface area contributed by atoms with E-state index in [9.17, 15) is 13.2 Å². The summed E-state index contributed by atoms with van der Waals surface area (Å²) in [5, 5.41) is 0. The molecule has 1 nitrogen and oxygen atoms in total. The van der Waals surface area contributed by atoms with Crippen molar-refractivity contribution in [3.05, 3.63) is 106 Å². The Balaban J connectivity index is 1.23. The van der Waals surface area contributed by atoms with Gasteiger partial charge in [-0.3, -0.25) is 0 Å². The smallest absolute Gasteiger partial charge is 0.167 e. The normalized spacial score (nSPS) is 22.2. The van der Waals surface area contributed by atoms with Crippen LogP contribution >= 0.6 is 0 Å². The fourth-order valence-electron chi connectivity index (χ4n) is 5.06. The number of allylic oxidation sites excluding steroid dienone is 2. The molecule has 180 valence electrons. The molecule has 0 amide bonds. The largest absolute Gasteiger partial charge is 0.368 e. The third kappa shape index (κ3) is 5.28. The number of epoxide rings is 1. The molecule has 5 rings (SSSR count). The first-order chi connectivity index (χ1) is 17.0. The van der Waals surface area contributed by atoms with Gasteiger partial charge in [-0.05, 0) is 72.8 Å². The predicted molar refractivity (Wildman–Crippen MR) is 135 cm³/mol. The lowest BCUT2D eigenvalue weighted by Gasteiger charge is -2.27. The minimum absolute atomic E-state index is 0.0579. The van der Waals surface area contributed by atoms with Crippen LogP contribution in [0.25, 0.3) is 23.3 Å². The second-order valence-electron chi connectivity index (χ2n) is 9.53. The molecule has 0 N–H and O–H groups in total. The molecule has 1 atom stereocenters. The minimum Gasteiger partial charge on any atom is -0.368 e. The number of halogens is 3. The highest BCUT2D eigenvalue weighted by Gasteiger charge is 2.28. The van der Waals surface area contributed by atoms with Crippen LogP contribution in [0.5, 0.6) is 0 Å². The summed E-state index contributed by atoms with van der Waals surface area (Å²) in [5.74, 6) is -1.33. The molecule has 2 fully saturated rings. The van der Waals surface area contributed by atoms with Gasteiger partial charge in [0.1, 0.15) is 11.9 Å². The van der Waals surface area contributed by atoms with E-state index in [1.165, 1.54) is 0 Å². The lowest BCUT2D eigenvalue weighted by atomic mass is 9.78. The zero-order chi connectivity index (χ0) is 24.4. The van der Waals surface area contributed by atoms with Gasteiger partial charge in [-0.1, -0.05) is 72.8 Å². The average molecular weight is 475 g/mol. The Kier molecular flexibility index (Phi) is 6.92. The van der Waals surface area contributed by atoms with Crippen LogP contribution in [0.1, 0.15) is 66.9 Å². The van der Waals surface area contributed by atoms with Crippen LogP contribution in [0, 0.1) is 23.4 Å². The molecule has 1 aliphatic carbocycles. The molecule has 4 heteroatoms. The molecule has 1 unspecified atom stereocenters. The molecule has 0 bridgehead atoms. The summed E-state index contributed by atoms with van der Waals surface area (Å²) in [6.07, 6.45) is 11.2. The monoisotopic (exact) mass is 474 g/mol. The van der Waals surface area contributed by atoms with Gasteiger partial charge in [0.15, 0.2) is 11.6 Å². The molecule has 0 radical (unpaired) electrons. The topological polar surface area (TPSA) is 12.5 Å². The second kappa shape index (κ2) is 10.2. The van der Waals surface area contributed by atoms with E-state index >= 15 is 0 Å². The number of hydrogen-bond acceptors (Lipinski definition) is 1. The summed E-state index contributed by atoms with van der Waals surface area (Å²) >= 11 is 0. The second-order valence-corrected chi connectivity index (χ2v) is 9.53. The molecule has 2 aliphatic rings. The van der Waals surface area contributed by atoms with E-state index in [1.54, 1.807) is 36.4 Å². The molecule has 0 aromatic heterocycles. The number of ether oxygens (including phenoxy) is 1. The van der Waals surface area contributed by atoms with Crippen LogP contribution < -0.4 is 0 Å². The first-order valence-electron chi connectivity index (χ1n) is 12.3. The van der Waals surface area contributed by atoms with Crippen LogP contribution in [0.2, 0.25) is 0 Å². The number of rotatable bonds is 6. The van der Waals surface area contributed by atoms with E-state index in [-0.39, 0.29) is 34.9 Å². The molecule has 1 heterocycles. The SMILES string of the molecule is C/C=C/c1ccc(-c2ccc(/C=C/C3CCC(c4ccc(C5CO5)cc4F)CC3)c(F)c2F)cc1. The van der Waals surface area contributed by atoms with Crippen molar-refractivity contribution in [1.29, 1.82) is 0 Å². The molecule has 1 saturated heterocycles. The lowest BCUT2D eigenvalue weighted by molar-refractivity contribution is 0.368. The van der Waals surface area contributed by atoms with Crippen LogP contribution in [0.15, 0.2) is 66.7 Å². The minimum atomic E-state index is -0.829. The highest BCUT2D eigenvalue weighted by Crippen LogP contribution is 2.39. The lowest BCUT2D eigenvalue weighted by Crippen LogP contribution is -2.13. The molecule has 35 heavy (non-hydrogen) atoms. The Morgan fingerprint density at radius 2 is 1.57 bits per heavy atom. The van der Waals surface area contributed by atoms with Gasteiger partial charge in [0.25, 0.3) is 0 Å². The van der Waals surface area contributed by atoms with E-state index in [0.29, 0.717) is 12.2 Å². The molecule has 3 aromatic carbocycles. The standard InChI is InChI=1S/C31H29F3O/c1-2-3-20-4-11-23(12-5-20)27-17-14-24(30(33)31(27)34)13-8-21-6-9-22(10-7-21)26-16-15-25(18-28(26)32)29-19-35-29/h2-5,8,11-18,21-22,29H,6-7,9-10,19H2,1H3/b3-2+,13-8+. The van der Waals surface area contributed by atoms with Crippen molar-refractivity contribution in [3.63, 3.8) is 0 Å². The fourth-order valence-corrected chi connectivity index (χ4v) is 5.06. The van der Waals surface area contributed by atoms with Gasteiger partial charge in [0, 0.05) is 11.1 Å². The molecule has 1 saturated carbocycles. The fraction of sp³-hybridized carbons (Fsp3) is 0.290. The van der Waals surface area contributed by atoms with Gasteiger partial charge in [0.05, 0.1) is 6.61 Å². The number of benzene rings is 3. The van der Waals surface area contributed by atoms with Gasteiger partial charge in [0.2, 0.25) is 0 Å². The zero-order valence-electron chi connectivity index (χ0n) is 19.8. The predicted octanol–water partition coefficient (Wildman–Crippen LogP) is 8.86. The zero-order valence-corrected chi connectivity index (χ0v) is 19.8. The Labute approximate surface area is 205 Å². The maximum atomic E-state index is 14.9. The molecule has 1 aliphatic heterocycles. The van der Waals surface area contributed by atoms with Crippen molar-refractivity contribution in [3.8, 4) is 11.1 Å². The summed E-state index contributed by atoms with van der Waals surface area (Å²) in [4.78, 5) is 0. The number of hydrogen-bond donors (Lipinski definition) is 0. The maximum absolute atomic E-state index is 14.9. The van der Waals surface area contributed by atoms with E-state index in [4.69, 9.17) is 4.74 Å². The quantitative estimate of drug-likeness (QED) is 0.325. The van der Waals surface area contributed by atoms with Crippen molar-refractivity contribution >= 4 is 12.2 Å². The third-order valence-corrected chi connectivity index (χ3v) is 7.18. The summed E-state index contributed by atoms with van der Waals surface area (Å²) in [6, 6.07) is 16.1. The highest BCUT2D eigenvalue weighted by atomic mass is 19.2. The van der Waals surface area contributed by atoms with Gasteiger partial charge in [-0.2, -0.15) is 0 Å². The van der Waals surface area contributed by atoms with Gasteiger partial charge in [-0.25, -0.2) is 13.2 Å². The van der Waals surface area contributed by atoms with E-state index < -0.39 is 11.6 Å². The van der Waals surface area contributed by atoms with Crippen molar-refractivity contribution in [1.82, 2.24) is 0 Å². The Morgan fingerprint density at radius 1 is 0.829 bits per heavy atom. The van der Waals surface area contributed by atoms with Gasteiger partial charge >= 0.3 is 0 Å². The van der Waals surface area contributed by atoms with Crippen LogP contribution in [-0.2, 0) is 4.74 Å². The highest BCUT2D eigenvalue weighted by molar-refractivity contribution is 5.68. The molecule has 3 aromatic rings.